The summed E-state index contributed by atoms with van der Waals surface area (Å²) in [4.78, 5) is 0. The van der Waals surface area contributed by atoms with Crippen LogP contribution in [0.15, 0.2) is 28.9 Å². The van der Waals surface area contributed by atoms with Crippen molar-refractivity contribution in [3.8, 4) is 5.75 Å². The first-order valence-electron chi connectivity index (χ1n) is 5.88. The van der Waals surface area contributed by atoms with Gasteiger partial charge in [-0.25, -0.2) is 0 Å². The van der Waals surface area contributed by atoms with Crippen molar-refractivity contribution >= 4 is 11.9 Å². The Morgan fingerprint density at radius 3 is 2.72 bits per heavy atom. The summed E-state index contributed by atoms with van der Waals surface area (Å²) < 4.78 is 5.78. The maximum atomic E-state index is 8.69. The molecule has 1 heterocycles. The van der Waals surface area contributed by atoms with Gasteiger partial charge in [-0.05, 0) is 11.5 Å². The third-order valence-corrected chi connectivity index (χ3v) is 2.99. The van der Waals surface area contributed by atoms with E-state index < -0.39 is 0 Å². The number of ether oxygens (including phenoxy) is 1. The molecule has 0 bridgehead atoms. The molecule has 96 valence electrons. The molecule has 0 aliphatic carbocycles. The Labute approximate surface area is 107 Å². The van der Waals surface area contributed by atoms with Crippen molar-refractivity contribution in [3.05, 3.63) is 34.9 Å². The van der Waals surface area contributed by atoms with Gasteiger partial charge < -0.3 is 15.7 Å². The van der Waals surface area contributed by atoms with E-state index in [1.165, 1.54) is 0 Å². The van der Waals surface area contributed by atoms with Gasteiger partial charge in [0.05, 0.1) is 0 Å². The van der Waals surface area contributed by atoms with Gasteiger partial charge in [-0.1, -0.05) is 44.1 Å². The second-order valence-corrected chi connectivity index (χ2v) is 5.42. The van der Waals surface area contributed by atoms with Crippen LogP contribution in [0.3, 0.4) is 0 Å². The van der Waals surface area contributed by atoms with Gasteiger partial charge in [0.2, 0.25) is 0 Å². The van der Waals surface area contributed by atoms with Gasteiger partial charge in [0, 0.05) is 16.7 Å². The van der Waals surface area contributed by atoms with E-state index in [9.17, 15) is 0 Å². The predicted octanol–water partition coefficient (Wildman–Crippen LogP) is 2.51. The third-order valence-electron chi connectivity index (χ3n) is 2.99. The van der Waals surface area contributed by atoms with E-state index >= 15 is 0 Å². The van der Waals surface area contributed by atoms with Crippen LogP contribution in [0, 0.1) is 0 Å². The van der Waals surface area contributed by atoms with E-state index in [0.717, 1.165) is 16.9 Å². The summed E-state index contributed by atoms with van der Waals surface area (Å²) in [6.07, 6.45) is 1.91. The highest BCUT2D eigenvalue weighted by molar-refractivity contribution is 6.01. The van der Waals surface area contributed by atoms with Crippen LogP contribution in [0.4, 0.5) is 0 Å². The molecule has 0 unspecified atom stereocenters. The van der Waals surface area contributed by atoms with E-state index in [4.69, 9.17) is 15.7 Å². The molecule has 18 heavy (non-hydrogen) atoms. The number of oxime groups is 1. The average molecular weight is 246 g/mol. The zero-order valence-electron chi connectivity index (χ0n) is 10.9. The van der Waals surface area contributed by atoms with Gasteiger partial charge in [-0.2, -0.15) is 0 Å². The van der Waals surface area contributed by atoms with Gasteiger partial charge in [0.15, 0.2) is 5.84 Å². The van der Waals surface area contributed by atoms with Crippen LogP contribution in [0.2, 0.25) is 0 Å². The number of rotatable bonds is 1. The summed E-state index contributed by atoms with van der Waals surface area (Å²) in [5, 5.41) is 11.7. The molecule has 1 aliphatic heterocycles. The lowest BCUT2D eigenvalue weighted by molar-refractivity contribution is 0.314. The molecular formula is C14H18N2O2. The first kappa shape index (κ1) is 12.5. The second kappa shape index (κ2) is 4.37. The van der Waals surface area contributed by atoms with Gasteiger partial charge in [0.1, 0.15) is 12.4 Å². The number of nitrogens with two attached hydrogens (primary N) is 1. The van der Waals surface area contributed by atoms with Crippen molar-refractivity contribution in [1.29, 1.82) is 0 Å². The molecular weight excluding hydrogens is 228 g/mol. The summed E-state index contributed by atoms with van der Waals surface area (Å²) in [6, 6.07) is 6.03. The van der Waals surface area contributed by atoms with Crippen molar-refractivity contribution in [2.45, 2.75) is 26.2 Å². The Balaban J connectivity index is 2.51. The minimum absolute atomic E-state index is 0.0211. The standard InChI is InChI=1S/C14H18N2O2/c1-14(2,3)11-6-4-5-9-7-10(13(15)16-17)8-18-12(9)11/h4-7,17H,8H2,1-3H3,(H2,15,16). The molecule has 4 nitrogen and oxygen atoms in total. The van der Waals surface area contributed by atoms with Crippen LogP contribution in [-0.2, 0) is 5.41 Å². The van der Waals surface area contributed by atoms with Crippen LogP contribution in [-0.4, -0.2) is 17.6 Å². The molecule has 0 amide bonds. The summed E-state index contributed by atoms with van der Waals surface area (Å²) in [6.45, 7) is 6.77. The Bertz CT molecular complexity index is 525. The smallest absolute Gasteiger partial charge is 0.169 e. The zero-order valence-corrected chi connectivity index (χ0v) is 10.9. The molecule has 3 N–H and O–H groups in total. The monoisotopic (exact) mass is 246 g/mol. The molecule has 1 aliphatic rings. The van der Waals surface area contributed by atoms with Crippen LogP contribution in [0.1, 0.15) is 31.9 Å². The fraction of sp³-hybridized carbons (Fsp3) is 0.357. The average Bonchev–Trinajstić information content (AvgIpc) is 2.35. The fourth-order valence-corrected chi connectivity index (χ4v) is 2.01. The molecule has 4 heteroatoms. The second-order valence-electron chi connectivity index (χ2n) is 5.42. The summed E-state index contributed by atoms with van der Waals surface area (Å²) in [7, 11) is 0. The number of amidine groups is 1. The molecule has 0 fully saturated rings. The molecule has 0 saturated carbocycles. The maximum Gasteiger partial charge on any atom is 0.169 e. The fourth-order valence-electron chi connectivity index (χ4n) is 2.01. The topological polar surface area (TPSA) is 67.8 Å². The van der Waals surface area contributed by atoms with Crippen molar-refractivity contribution in [2.24, 2.45) is 10.9 Å². The highest BCUT2D eigenvalue weighted by Gasteiger charge is 2.23. The minimum Gasteiger partial charge on any atom is -0.488 e. The van der Waals surface area contributed by atoms with Gasteiger partial charge in [-0.15, -0.1) is 0 Å². The molecule has 2 rings (SSSR count). The largest absolute Gasteiger partial charge is 0.488 e. The minimum atomic E-state index is 0.0211. The SMILES string of the molecule is CC(C)(C)c1cccc2c1OCC(C(N)=NO)=C2. The molecule has 1 aromatic carbocycles. The van der Waals surface area contributed by atoms with Gasteiger partial charge >= 0.3 is 0 Å². The zero-order chi connectivity index (χ0) is 13.3. The van der Waals surface area contributed by atoms with E-state index in [1.807, 2.05) is 18.2 Å². The number of hydrogen-bond donors (Lipinski definition) is 2. The highest BCUT2D eigenvalue weighted by Crippen LogP contribution is 2.37. The Morgan fingerprint density at radius 2 is 2.11 bits per heavy atom. The van der Waals surface area contributed by atoms with Crippen molar-refractivity contribution in [3.63, 3.8) is 0 Å². The molecule has 0 saturated heterocycles. The van der Waals surface area contributed by atoms with Crippen molar-refractivity contribution in [2.75, 3.05) is 6.61 Å². The number of para-hydroxylation sites is 1. The lowest BCUT2D eigenvalue weighted by Gasteiger charge is -2.26. The third kappa shape index (κ3) is 2.18. The Morgan fingerprint density at radius 1 is 1.39 bits per heavy atom. The molecule has 0 aromatic heterocycles. The van der Waals surface area contributed by atoms with Crippen molar-refractivity contribution < 1.29 is 9.94 Å². The number of benzene rings is 1. The Kier molecular flexibility index (Phi) is 3.03. The highest BCUT2D eigenvalue weighted by atomic mass is 16.5. The molecule has 0 radical (unpaired) electrons. The van der Waals surface area contributed by atoms with E-state index in [-0.39, 0.29) is 11.3 Å². The van der Waals surface area contributed by atoms with Gasteiger partial charge in [0.25, 0.3) is 0 Å². The van der Waals surface area contributed by atoms with E-state index in [1.54, 1.807) is 0 Å². The normalized spacial score (nSPS) is 15.7. The number of fused-ring (bicyclic) bond motifs is 1. The molecule has 0 atom stereocenters. The summed E-state index contributed by atoms with van der Waals surface area (Å²) >= 11 is 0. The van der Waals surface area contributed by atoms with Gasteiger partial charge in [-0.3, -0.25) is 0 Å². The van der Waals surface area contributed by atoms with Crippen LogP contribution < -0.4 is 10.5 Å². The number of nitrogens with zero attached hydrogens (tertiary/aromatic N) is 1. The molecule has 0 spiro atoms. The predicted molar refractivity (Wildman–Crippen MR) is 72.0 cm³/mol. The quantitative estimate of drug-likeness (QED) is 0.346. The van der Waals surface area contributed by atoms with Crippen molar-refractivity contribution in [1.82, 2.24) is 0 Å². The van der Waals surface area contributed by atoms with Crippen LogP contribution >= 0.6 is 0 Å². The summed E-state index contributed by atoms with van der Waals surface area (Å²) in [5.74, 6) is 0.987. The first-order valence-corrected chi connectivity index (χ1v) is 5.88. The number of hydrogen-bond acceptors (Lipinski definition) is 3. The maximum absolute atomic E-state index is 8.69. The lowest BCUT2D eigenvalue weighted by atomic mass is 9.84. The van der Waals surface area contributed by atoms with Crippen LogP contribution in [0.25, 0.3) is 6.08 Å². The van der Waals surface area contributed by atoms with Crippen LogP contribution in [0.5, 0.6) is 5.75 Å². The Hall–Kier alpha value is -1.97. The lowest BCUT2D eigenvalue weighted by Crippen LogP contribution is -2.23. The summed E-state index contributed by atoms with van der Waals surface area (Å²) in [5.41, 5.74) is 8.42. The van der Waals surface area contributed by atoms with E-state index in [0.29, 0.717) is 12.2 Å². The van der Waals surface area contributed by atoms with E-state index in [2.05, 4.69) is 32.0 Å². The molecule has 1 aromatic rings. The first-order chi connectivity index (χ1) is 8.43.